The van der Waals surface area contributed by atoms with Gasteiger partial charge < -0.3 is 25.4 Å². The summed E-state index contributed by atoms with van der Waals surface area (Å²) in [6.07, 6.45) is 4.76. The molecule has 52 heavy (non-hydrogen) atoms. The summed E-state index contributed by atoms with van der Waals surface area (Å²) in [4.78, 5) is 39.8. The number of ether oxygens (including phenoxy) is 1. The van der Waals surface area contributed by atoms with Crippen molar-refractivity contribution in [2.45, 2.75) is 50.7 Å². The quantitative estimate of drug-likeness (QED) is 0.158. The topological polar surface area (TPSA) is 120 Å². The van der Waals surface area contributed by atoms with E-state index in [1.165, 1.54) is 0 Å². The lowest BCUT2D eigenvalue weighted by molar-refractivity contribution is 0.0887. The van der Waals surface area contributed by atoms with Crippen LogP contribution in [0.5, 0.6) is 17.4 Å². The van der Waals surface area contributed by atoms with Gasteiger partial charge in [-0.15, -0.1) is 0 Å². The van der Waals surface area contributed by atoms with E-state index < -0.39 is 11.7 Å². The summed E-state index contributed by atoms with van der Waals surface area (Å²) >= 11 is 0. The summed E-state index contributed by atoms with van der Waals surface area (Å²) in [5, 5.41) is 17.4. The number of pyridine rings is 2. The first-order valence-corrected chi connectivity index (χ1v) is 17.9. The summed E-state index contributed by atoms with van der Waals surface area (Å²) in [6, 6.07) is 25.1. The number of phenolic OH excluding ortho intramolecular Hbond substituents is 1. The largest absolute Gasteiger partial charge is 0.508 e. The lowest BCUT2D eigenvalue weighted by atomic mass is 9.91. The molecule has 3 N–H and O–H groups in total. The first-order valence-electron chi connectivity index (χ1n) is 17.9. The second kappa shape index (κ2) is 15.9. The van der Waals surface area contributed by atoms with Crippen LogP contribution in [0.25, 0.3) is 22.0 Å². The lowest BCUT2D eigenvalue weighted by Gasteiger charge is -2.29. The van der Waals surface area contributed by atoms with Crippen LogP contribution in [0.15, 0.2) is 91.1 Å². The molecule has 0 radical (unpaired) electrons. The molecular formula is C41H43FN6O4. The van der Waals surface area contributed by atoms with Crippen molar-refractivity contribution in [3.8, 4) is 28.5 Å². The molecule has 11 heteroatoms. The molecule has 3 aromatic carbocycles. The van der Waals surface area contributed by atoms with Gasteiger partial charge in [0.05, 0.1) is 11.7 Å². The molecule has 268 valence electrons. The first-order chi connectivity index (χ1) is 25.3. The summed E-state index contributed by atoms with van der Waals surface area (Å²) in [6.45, 7) is 4.67. The van der Waals surface area contributed by atoms with Crippen LogP contribution in [0.2, 0.25) is 0 Å². The molecular weight excluding hydrogens is 659 g/mol. The lowest BCUT2D eigenvalue weighted by Crippen LogP contribution is -2.44. The number of likely N-dealkylation sites (N-methyl/N-ethyl adjacent to an activating group) is 1. The highest BCUT2D eigenvalue weighted by Gasteiger charge is 2.26. The fraction of sp³-hybridized carbons (Fsp3) is 0.317. The standard InChI is InChI=1S/C41H43FN6O4/c1-47-18-5-19-48(21-20-47)26-29-22-33(49)15-16-35(29)28-7-4-8-34(23-28)52-41-36(24-30(42)25-43-41)39(50)44-31-11-13-32(14-12-31)45-40(51)38-17-10-27-6-2-3-9-37(27)46-38/h2-4,6-10,15-17,22-25,31-32,49H,5,11-14,18-21,26H2,1H3,(H,44,50)(H,45,51)/t31-,32-. The predicted octanol–water partition coefficient (Wildman–Crippen LogP) is 6.54. The van der Waals surface area contributed by atoms with Gasteiger partial charge in [-0.1, -0.05) is 42.5 Å². The Bertz CT molecular complexity index is 2070. The first kappa shape index (κ1) is 35.0. The average molecular weight is 703 g/mol. The van der Waals surface area contributed by atoms with Crippen LogP contribution in [-0.2, 0) is 6.54 Å². The molecule has 2 aromatic heterocycles. The molecule has 1 aliphatic heterocycles. The number of nitrogens with one attached hydrogen (secondary N) is 2. The van der Waals surface area contributed by atoms with Crippen molar-refractivity contribution in [1.82, 2.24) is 30.4 Å². The Labute approximate surface area is 302 Å². The Balaban J connectivity index is 0.992. The molecule has 2 amide bonds. The zero-order valence-electron chi connectivity index (χ0n) is 29.2. The Hall–Kier alpha value is -5.39. The Kier molecular flexibility index (Phi) is 10.7. The van der Waals surface area contributed by atoms with Gasteiger partial charge in [-0.25, -0.2) is 14.4 Å². The third-order valence-electron chi connectivity index (χ3n) is 9.95. The van der Waals surface area contributed by atoms with E-state index in [1.54, 1.807) is 18.2 Å². The number of aromatic nitrogens is 2. The second-order valence-corrected chi connectivity index (χ2v) is 13.8. The molecule has 2 fully saturated rings. The van der Waals surface area contributed by atoms with Gasteiger partial charge in [-0.3, -0.25) is 14.5 Å². The molecule has 1 saturated carbocycles. The van der Waals surface area contributed by atoms with Gasteiger partial charge >= 0.3 is 0 Å². The molecule has 3 heterocycles. The fourth-order valence-corrected chi connectivity index (χ4v) is 7.10. The molecule has 5 aromatic rings. The van der Waals surface area contributed by atoms with Crippen molar-refractivity contribution < 1.29 is 23.8 Å². The van der Waals surface area contributed by atoms with Gasteiger partial charge in [0.25, 0.3) is 11.8 Å². The summed E-state index contributed by atoms with van der Waals surface area (Å²) in [7, 11) is 2.14. The molecule has 0 unspecified atom stereocenters. The van der Waals surface area contributed by atoms with E-state index in [1.807, 2.05) is 60.7 Å². The normalized spacial score (nSPS) is 18.4. The van der Waals surface area contributed by atoms with Crippen LogP contribution >= 0.6 is 0 Å². The summed E-state index contributed by atoms with van der Waals surface area (Å²) < 4.78 is 20.6. The van der Waals surface area contributed by atoms with E-state index in [9.17, 15) is 19.1 Å². The van der Waals surface area contributed by atoms with Crippen LogP contribution in [0.1, 0.15) is 58.5 Å². The molecule has 2 aliphatic rings. The maximum absolute atomic E-state index is 14.5. The second-order valence-electron chi connectivity index (χ2n) is 13.8. The van der Waals surface area contributed by atoms with E-state index in [0.717, 1.165) is 72.5 Å². The number of fused-ring (bicyclic) bond motifs is 1. The number of carbonyl (C=O) groups is 2. The Morgan fingerprint density at radius 3 is 2.48 bits per heavy atom. The van der Waals surface area contributed by atoms with Gasteiger partial charge in [0, 0.05) is 37.1 Å². The number of para-hydroxylation sites is 1. The number of aromatic hydroxyl groups is 1. The molecule has 10 nitrogen and oxygen atoms in total. The highest BCUT2D eigenvalue weighted by atomic mass is 19.1. The van der Waals surface area contributed by atoms with Gasteiger partial charge in [-0.2, -0.15) is 0 Å². The van der Waals surface area contributed by atoms with E-state index in [2.05, 4.69) is 37.4 Å². The van der Waals surface area contributed by atoms with Crippen molar-refractivity contribution in [2.24, 2.45) is 0 Å². The molecule has 0 spiro atoms. The average Bonchev–Trinajstić information content (AvgIpc) is 3.36. The van der Waals surface area contributed by atoms with Gasteiger partial charge in [0.2, 0.25) is 5.88 Å². The zero-order valence-corrected chi connectivity index (χ0v) is 29.2. The number of carbonyl (C=O) groups excluding carboxylic acids is 2. The fourth-order valence-electron chi connectivity index (χ4n) is 7.10. The van der Waals surface area contributed by atoms with Gasteiger partial charge in [-0.05, 0) is 111 Å². The van der Waals surface area contributed by atoms with Crippen molar-refractivity contribution in [1.29, 1.82) is 0 Å². The number of rotatable bonds is 9. The minimum Gasteiger partial charge on any atom is -0.508 e. The maximum atomic E-state index is 14.5. The van der Waals surface area contributed by atoms with Crippen molar-refractivity contribution in [3.63, 3.8) is 0 Å². The van der Waals surface area contributed by atoms with E-state index in [0.29, 0.717) is 43.7 Å². The third kappa shape index (κ3) is 8.55. The van der Waals surface area contributed by atoms with Crippen molar-refractivity contribution in [2.75, 3.05) is 33.2 Å². The Morgan fingerprint density at radius 2 is 1.65 bits per heavy atom. The number of halogens is 1. The van der Waals surface area contributed by atoms with E-state index in [-0.39, 0.29) is 35.2 Å². The SMILES string of the molecule is CN1CCCN(Cc2cc(O)ccc2-c2cccc(Oc3ncc(F)cc3C(=O)N[C@H]3CC[C@H](NC(=O)c4ccc5ccccc5n4)CC3)c2)CC1. The number of phenols is 1. The minimum atomic E-state index is -0.645. The van der Waals surface area contributed by atoms with Crippen LogP contribution in [0.4, 0.5) is 4.39 Å². The van der Waals surface area contributed by atoms with E-state index in [4.69, 9.17) is 4.74 Å². The smallest absolute Gasteiger partial charge is 0.270 e. The van der Waals surface area contributed by atoms with Crippen molar-refractivity contribution >= 4 is 22.7 Å². The van der Waals surface area contributed by atoms with E-state index >= 15 is 0 Å². The monoisotopic (exact) mass is 702 g/mol. The van der Waals surface area contributed by atoms with Gasteiger partial charge in [0.15, 0.2) is 0 Å². The number of hydrogen-bond donors (Lipinski definition) is 3. The molecule has 0 bridgehead atoms. The third-order valence-corrected chi connectivity index (χ3v) is 9.95. The molecule has 1 saturated heterocycles. The maximum Gasteiger partial charge on any atom is 0.270 e. The Morgan fingerprint density at radius 1 is 0.865 bits per heavy atom. The number of benzene rings is 3. The van der Waals surface area contributed by atoms with Crippen LogP contribution in [-0.4, -0.2) is 82.0 Å². The van der Waals surface area contributed by atoms with Gasteiger partial charge in [0.1, 0.15) is 28.6 Å². The highest BCUT2D eigenvalue weighted by Crippen LogP contribution is 2.33. The minimum absolute atomic E-state index is 0.000313. The number of amides is 2. The summed E-state index contributed by atoms with van der Waals surface area (Å²) in [5.74, 6) is -0.691. The van der Waals surface area contributed by atoms with Crippen molar-refractivity contribution in [3.05, 3.63) is 114 Å². The van der Waals surface area contributed by atoms with Crippen LogP contribution in [0, 0.1) is 5.82 Å². The molecule has 1 aliphatic carbocycles. The predicted molar refractivity (Wildman–Crippen MR) is 198 cm³/mol. The molecule has 7 rings (SSSR count). The van der Waals surface area contributed by atoms with Crippen LogP contribution < -0.4 is 15.4 Å². The molecule has 0 atom stereocenters. The highest BCUT2D eigenvalue weighted by molar-refractivity contribution is 5.97. The number of hydrogen-bond acceptors (Lipinski definition) is 8. The van der Waals surface area contributed by atoms with Crippen LogP contribution in [0.3, 0.4) is 0 Å². The summed E-state index contributed by atoms with van der Waals surface area (Å²) in [5.41, 5.74) is 3.98. The zero-order chi connectivity index (χ0) is 36.0. The number of nitrogens with zero attached hydrogens (tertiary/aromatic N) is 4.